The first-order valence-electron chi connectivity index (χ1n) is 6.64. The summed E-state index contributed by atoms with van der Waals surface area (Å²) in [6, 6.07) is 0. The zero-order valence-corrected chi connectivity index (χ0v) is 11.5. The second kappa shape index (κ2) is 9.83. The number of Topliss-reactive ketones (excluding diaryl/α,β-unsaturated/α-hetero) is 1. The molecule has 0 heterocycles. The molecule has 0 aliphatic carbocycles. The fraction of sp³-hybridized carbons (Fsp3) is 0.714. The van der Waals surface area contributed by atoms with Crippen LogP contribution in [-0.4, -0.2) is 11.8 Å². The Morgan fingerprint density at radius 2 is 1.72 bits per heavy atom. The Hall–Kier alpha value is -1.16. The molecule has 18 heavy (non-hydrogen) atoms. The molecule has 1 atom stereocenters. The van der Waals surface area contributed by atoms with Crippen LogP contribution >= 0.6 is 0 Å². The lowest BCUT2D eigenvalue weighted by Crippen LogP contribution is -2.28. The highest BCUT2D eigenvalue weighted by molar-refractivity contribution is 6.07. The van der Waals surface area contributed by atoms with Crippen LogP contribution in [0.4, 0.5) is 0 Å². The highest BCUT2D eigenvalue weighted by atomic mass is 16.7. The van der Waals surface area contributed by atoms with E-state index >= 15 is 0 Å². The summed E-state index contributed by atoms with van der Waals surface area (Å²) in [7, 11) is 0. The molecule has 4 nitrogen and oxygen atoms in total. The SMILES string of the molecule is C=C(C)C(=O)C(CCCCCCCC)C(=O)ON. The number of hydrogen-bond acceptors (Lipinski definition) is 4. The summed E-state index contributed by atoms with van der Waals surface area (Å²) in [6.45, 7) is 7.33. The molecular weight excluding hydrogens is 230 g/mol. The van der Waals surface area contributed by atoms with Crippen molar-refractivity contribution in [2.75, 3.05) is 0 Å². The van der Waals surface area contributed by atoms with E-state index in [1.54, 1.807) is 6.92 Å². The van der Waals surface area contributed by atoms with Crippen LogP contribution in [0.15, 0.2) is 12.2 Å². The molecule has 0 aromatic rings. The van der Waals surface area contributed by atoms with E-state index in [4.69, 9.17) is 5.90 Å². The minimum atomic E-state index is -0.779. The number of hydrogen-bond donors (Lipinski definition) is 1. The minimum absolute atomic E-state index is 0.265. The molecule has 1 unspecified atom stereocenters. The van der Waals surface area contributed by atoms with E-state index in [9.17, 15) is 9.59 Å². The third kappa shape index (κ3) is 6.55. The first kappa shape index (κ1) is 16.8. The van der Waals surface area contributed by atoms with Crippen molar-refractivity contribution in [1.29, 1.82) is 0 Å². The number of rotatable bonds is 10. The molecule has 4 heteroatoms. The Balaban J connectivity index is 4.07. The van der Waals surface area contributed by atoms with Crippen molar-refractivity contribution in [3.63, 3.8) is 0 Å². The Morgan fingerprint density at radius 1 is 1.17 bits per heavy atom. The average Bonchev–Trinajstić information content (AvgIpc) is 2.36. The summed E-state index contributed by atoms with van der Waals surface area (Å²) in [5.74, 6) is 3.15. The van der Waals surface area contributed by atoms with Crippen LogP contribution in [0.5, 0.6) is 0 Å². The van der Waals surface area contributed by atoms with Gasteiger partial charge in [-0.1, -0.05) is 52.0 Å². The van der Waals surface area contributed by atoms with Crippen molar-refractivity contribution in [3.05, 3.63) is 12.2 Å². The summed E-state index contributed by atoms with van der Waals surface area (Å²) in [5.41, 5.74) is 0.372. The van der Waals surface area contributed by atoms with Gasteiger partial charge in [-0.2, -0.15) is 5.90 Å². The number of allylic oxidation sites excluding steroid dienone is 1. The minimum Gasteiger partial charge on any atom is -0.373 e. The highest BCUT2D eigenvalue weighted by Crippen LogP contribution is 2.17. The molecule has 0 aromatic carbocycles. The van der Waals surface area contributed by atoms with Gasteiger partial charge in [-0.15, -0.1) is 0 Å². The second-order valence-electron chi connectivity index (χ2n) is 4.69. The maximum Gasteiger partial charge on any atom is 0.335 e. The van der Waals surface area contributed by atoms with E-state index in [1.165, 1.54) is 19.3 Å². The number of unbranched alkanes of at least 4 members (excludes halogenated alkanes) is 5. The topological polar surface area (TPSA) is 69.4 Å². The van der Waals surface area contributed by atoms with Crippen LogP contribution in [0.2, 0.25) is 0 Å². The van der Waals surface area contributed by atoms with E-state index in [2.05, 4.69) is 18.3 Å². The number of ketones is 1. The standard InChI is InChI=1S/C14H25NO3/c1-4-5-6-7-8-9-10-12(14(17)18-15)13(16)11(2)3/h12H,2,4-10,15H2,1,3H3. The van der Waals surface area contributed by atoms with E-state index in [0.29, 0.717) is 12.0 Å². The molecule has 0 aliphatic heterocycles. The predicted octanol–water partition coefficient (Wildman–Crippen LogP) is 2.92. The lowest BCUT2D eigenvalue weighted by Gasteiger charge is -2.12. The van der Waals surface area contributed by atoms with Gasteiger partial charge < -0.3 is 4.84 Å². The second-order valence-corrected chi connectivity index (χ2v) is 4.69. The number of nitrogens with two attached hydrogens (primary N) is 1. The predicted molar refractivity (Wildman–Crippen MR) is 71.6 cm³/mol. The van der Waals surface area contributed by atoms with Crippen LogP contribution in [0.1, 0.15) is 58.8 Å². The Labute approximate surface area is 110 Å². The fourth-order valence-corrected chi connectivity index (χ4v) is 1.86. The van der Waals surface area contributed by atoms with E-state index in [0.717, 1.165) is 19.3 Å². The fourth-order valence-electron chi connectivity index (χ4n) is 1.86. The van der Waals surface area contributed by atoms with E-state index in [-0.39, 0.29) is 5.78 Å². The quantitative estimate of drug-likeness (QED) is 0.282. The van der Waals surface area contributed by atoms with Crippen molar-refractivity contribution >= 4 is 11.8 Å². The van der Waals surface area contributed by atoms with Gasteiger partial charge in [0.15, 0.2) is 5.78 Å². The molecule has 0 saturated carbocycles. The molecule has 0 aliphatic rings. The van der Waals surface area contributed by atoms with Gasteiger partial charge in [-0.25, -0.2) is 4.79 Å². The lowest BCUT2D eigenvalue weighted by molar-refractivity contribution is -0.152. The van der Waals surface area contributed by atoms with Gasteiger partial charge in [0.05, 0.1) is 0 Å². The summed E-state index contributed by atoms with van der Waals surface area (Å²) >= 11 is 0. The maximum atomic E-state index is 11.8. The third-order valence-corrected chi connectivity index (χ3v) is 2.98. The van der Waals surface area contributed by atoms with E-state index < -0.39 is 11.9 Å². The van der Waals surface area contributed by atoms with Crippen molar-refractivity contribution < 1.29 is 14.4 Å². The zero-order valence-electron chi connectivity index (χ0n) is 11.5. The molecule has 0 saturated heterocycles. The Bertz CT molecular complexity index is 287. The molecule has 104 valence electrons. The maximum absolute atomic E-state index is 11.8. The lowest BCUT2D eigenvalue weighted by atomic mass is 9.93. The zero-order chi connectivity index (χ0) is 14.0. The first-order chi connectivity index (χ1) is 8.54. The molecule has 0 spiro atoms. The van der Waals surface area contributed by atoms with Gasteiger partial charge >= 0.3 is 5.97 Å². The third-order valence-electron chi connectivity index (χ3n) is 2.98. The first-order valence-corrected chi connectivity index (χ1v) is 6.64. The largest absolute Gasteiger partial charge is 0.373 e. The van der Waals surface area contributed by atoms with Crippen LogP contribution in [0.3, 0.4) is 0 Å². The molecule has 0 radical (unpaired) electrons. The normalized spacial score (nSPS) is 11.9. The monoisotopic (exact) mass is 255 g/mol. The molecule has 2 N–H and O–H groups in total. The summed E-state index contributed by atoms with van der Waals surface area (Å²) in [4.78, 5) is 27.3. The van der Waals surface area contributed by atoms with Crippen molar-refractivity contribution in [1.82, 2.24) is 0 Å². The van der Waals surface area contributed by atoms with Crippen LogP contribution in [0.25, 0.3) is 0 Å². The average molecular weight is 255 g/mol. The van der Waals surface area contributed by atoms with Gasteiger partial charge in [0.1, 0.15) is 5.92 Å². The van der Waals surface area contributed by atoms with Crippen LogP contribution < -0.4 is 5.90 Å². The molecule has 0 fully saturated rings. The summed E-state index contributed by atoms with van der Waals surface area (Å²) < 4.78 is 0. The molecule has 0 rings (SSSR count). The van der Waals surface area contributed by atoms with Crippen molar-refractivity contribution in [2.45, 2.75) is 58.8 Å². The van der Waals surface area contributed by atoms with Gasteiger partial charge in [-0.3, -0.25) is 4.79 Å². The van der Waals surface area contributed by atoms with Crippen molar-refractivity contribution in [3.8, 4) is 0 Å². The van der Waals surface area contributed by atoms with Crippen LogP contribution in [0, 0.1) is 5.92 Å². The molecule has 0 bridgehead atoms. The van der Waals surface area contributed by atoms with Gasteiger partial charge in [0.25, 0.3) is 0 Å². The summed E-state index contributed by atoms with van der Waals surface area (Å²) in [5, 5.41) is 0. The molecular formula is C14H25NO3. The molecule has 0 amide bonds. The Morgan fingerprint density at radius 3 is 2.22 bits per heavy atom. The van der Waals surface area contributed by atoms with Crippen LogP contribution in [-0.2, 0) is 14.4 Å². The number of carbonyl (C=O) groups is 2. The molecule has 0 aromatic heterocycles. The van der Waals surface area contributed by atoms with Gasteiger partial charge in [0.2, 0.25) is 0 Å². The Kier molecular flexibility index (Phi) is 9.19. The van der Waals surface area contributed by atoms with Gasteiger partial charge in [0, 0.05) is 0 Å². The van der Waals surface area contributed by atoms with Crippen molar-refractivity contribution in [2.24, 2.45) is 11.8 Å². The highest BCUT2D eigenvalue weighted by Gasteiger charge is 2.27. The van der Waals surface area contributed by atoms with E-state index in [1.807, 2.05) is 0 Å². The summed E-state index contributed by atoms with van der Waals surface area (Å²) in [6.07, 6.45) is 7.14. The number of carbonyl (C=O) groups excluding carboxylic acids is 2. The smallest absolute Gasteiger partial charge is 0.335 e. The van der Waals surface area contributed by atoms with Gasteiger partial charge in [-0.05, 0) is 18.9 Å².